The summed E-state index contributed by atoms with van der Waals surface area (Å²) in [6.07, 6.45) is 0. The molecule has 5 heteroatoms. The van der Waals surface area contributed by atoms with Gasteiger partial charge in [-0.25, -0.2) is 0 Å². The summed E-state index contributed by atoms with van der Waals surface area (Å²) in [5, 5.41) is 5.71. The van der Waals surface area contributed by atoms with E-state index in [-0.39, 0.29) is 24.4 Å². The van der Waals surface area contributed by atoms with Crippen LogP contribution in [0.1, 0.15) is 25.0 Å². The monoisotopic (exact) mass is 292 g/mol. The van der Waals surface area contributed by atoms with Gasteiger partial charge in [0.1, 0.15) is 0 Å². The summed E-state index contributed by atoms with van der Waals surface area (Å²) < 4.78 is 0. The number of quaternary nitrogens is 1. The first-order valence-electron chi connectivity index (χ1n) is 7.30. The first-order valence-corrected chi connectivity index (χ1v) is 7.30. The van der Waals surface area contributed by atoms with E-state index in [9.17, 15) is 9.59 Å². The molecule has 1 rings (SSSR count). The molecule has 5 nitrogen and oxygen atoms in total. The second kappa shape index (κ2) is 8.42. The number of nitrogens with one attached hydrogen (secondary N) is 3. The maximum Gasteiger partial charge on any atom is 0.275 e. The molecule has 1 aromatic carbocycles. The van der Waals surface area contributed by atoms with E-state index < -0.39 is 0 Å². The van der Waals surface area contributed by atoms with Gasteiger partial charge in [0.25, 0.3) is 11.8 Å². The van der Waals surface area contributed by atoms with E-state index in [4.69, 9.17) is 0 Å². The van der Waals surface area contributed by atoms with Gasteiger partial charge in [-0.3, -0.25) is 9.59 Å². The van der Waals surface area contributed by atoms with Crippen molar-refractivity contribution < 1.29 is 14.5 Å². The molecule has 116 valence electrons. The summed E-state index contributed by atoms with van der Waals surface area (Å²) in [4.78, 5) is 24.4. The summed E-state index contributed by atoms with van der Waals surface area (Å²) in [6.45, 7) is 6.98. The Morgan fingerprint density at radius 3 is 2.38 bits per heavy atom. The number of amides is 2. The van der Waals surface area contributed by atoms with Crippen LogP contribution in [0.2, 0.25) is 0 Å². The van der Waals surface area contributed by atoms with Crippen LogP contribution in [0.3, 0.4) is 0 Å². The molecule has 0 bridgehead atoms. The van der Waals surface area contributed by atoms with Gasteiger partial charge in [0.15, 0.2) is 13.1 Å². The van der Waals surface area contributed by atoms with E-state index in [1.807, 2.05) is 52.1 Å². The molecular formula is C16H26N3O2+. The lowest BCUT2D eigenvalue weighted by Gasteiger charge is -2.15. The highest BCUT2D eigenvalue weighted by Gasteiger charge is 2.14. The lowest BCUT2D eigenvalue weighted by atomic mass is 10.1. The molecule has 0 aliphatic carbocycles. The second-order valence-corrected chi connectivity index (χ2v) is 5.74. The molecule has 0 saturated heterocycles. The fourth-order valence-corrected chi connectivity index (χ4v) is 2.05. The van der Waals surface area contributed by atoms with Gasteiger partial charge in [-0.15, -0.1) is 0 Å². The predicted octanol–water partition coefficient (Wildman–Crippen LogP) is -0.349. The average molecular weight is 292 g/mol. The molecule has 1 aromatic rings. The minimum Gasteiger partial charge on any atom is -0.349 e. The predicted molar refractivity (Wildman–Crippen MR) is 82.9 cm³/mol. The van der Waals surface area contributed by atoms with E-state index in [1.54, 1.807) is 0 Å². The third-order valence-electron chi connectivity index (χ3n) is 3.11. The minimum atomic E-state index is -0.0481. The summed E-state index contributed by atoms with van der Waals surface area (Å²) in [6, 6.07) is 8.09. The van der Waals surface area contributed by atoms with Crippen molar-refractivity contribution in [3.63, 3.8) is 0 Å². The van der Waals surface area contributed by atoms with Gasteiger partial charge >= 0.3 is 0 Å². The number of carbonyl (C=O) groups is 2. The van der Waals surface area contributed by atoms with Crippen LogP contribution < -0.4 is 15.5 Å². The Morgan fingerprint density at radius 2 is 1.76 bits per heavy atom. The first kappa shape index (κ1) is 17.2. The van der Waals surface area contributed by atoms with Crippen LogP contribution in [0.25, 0.3) is 0 Å². The van der Waals surface area contributed by atoms with Gasteiger partial charge in [-0.1, -0.05) is 24.3 Å². The number of carbonyl (C=O) groups excluding carboxylic acids is 2. The maximum absolute atomic E-state index is 11.9. The number of aryl methyl sites for hydroxylation is 1. The van der Waals surface area contributed by atoms with Crippen LogP contribution in [0.15, 0.2) is 24.3 Å². The third-order valence-corrected chi connectivity index (χ3v) is 3.11. The molecule has 2 amide bonds. The fraction of sp³-hybridized carbons (Fsp3) is 0.500. The standard InChI is InChI=1S/C16H25N3O2/c1-12(2)18-16(21)11-19(4)10-15(20)17-9-14-8-6-5-7-13(14)3/h5-8,12H,9-11H2,1-4H3,(H,17,20)(H,18,21)/p+1. The molecule has 0 heterocycles. The number of benzene rings is 1. The van der Waals surface area contributed by atoms with E-state index in [2.05, 4.69) is 10.6 Å². The first-order chi connectivity index (χ1) is 9.88. The zero-order valence-corrected chi connectivity index (χ0v) is 13.3. The Kier molecular flexibility index (Phi) is 6.88. The van der Waals surface area contributed by atoms with Crippen molar-refractivity contribution in [2.24, 2.45) is 0 Å². The highest BCUT2D eigenvalue weighted by molar-refractivity contribution is 5.79. The van der Waals surface area contributed by atoms with E-state index >= 15 is 0 Å². The molecule has 1 unspecified atom stereocenters. The fourth-order valence-electron chi connectivity index (χ4n) is 2.05. The summed E-state index contributed by atoms with van der Waals surface area (Å²) in [7, 11) is 1.84. The third kappa shape index (κ3) is 6.90. The minimum absolute atomic E-state index is 0.0331. The molecule has 0 radical (unpaired) electrons. The van der Waals surface area contributed by atoms with E-state index in [0.717, 1.165) is 16.0 Å². The average Bonchev–Trinajstić information content (AvgIpc) is 2.36. The number of hydrogen-bond acceptors (Lipinski definition) is 2. The van der Waals surface area contributed by atoms with Crippen LogP contribution in [-0.4, -0.2) is 38.0 Å². The molecule has 0 fully saturated rings. The van der Waals surface area contributed by atoms with E-state index in [0.29, 0.717) is 13.1 Å². The molecule has 0 aliphatic rings. The molecule has 0 spiro atoms. The lowest BCUT2D eigenvalue weighted by molar-refractivity contribution is -0.862. The number of rotatable bonds is 7. The van der Waals surface area contributed by atoms with Gasteiger partial charge in [-0.05, 0) is 31.9 Å². The van der Waals surface area contributed by atoms with Gasteiger partial charge < -0.3 is 15.5 Å². The van der Waals surface area contributed by atoms with Crippen LogP contribution in [-0.2, 0) is 16.1 Å². The van der Waals surface area contributed by atoms with Gasteiger partial charge in [0, 0.05) is 12.6 Å². The van der Waals surface area contributed by atoms with Crippen LogP contribution in [0.5, 0.6) is 0 Å². The Morgan fingerprint density at radius 1 is 1.14 bits per heavy atom. The quantitative estimate of drug-likeness (QED) is 0.643. The van der Waals surface area contributed by atoms with Crippen LogP contribution >= 0.6 is 0 Å². The van der Waals surface area contributed by atoms with Crippen molar-refractivity contribution >= 4 is 11.8 Å². The number of likely N-dealkylation sites (N-methyl/N-ethyl adjacent to an activating group) is 1. The normalized spacial score (nSPS) is 12.0. The van der Waals surface area contributed by atoms with Crippen LogP contribution in [0, 0.1) is 6.92 Å². The molecule has 0 aliphatic heterocycles. The van der Waals surface area contributed by atoms with Gasteiger partial charge in [-0.2, -0.15) is 0 Å². The Bertz CT molecular complexity index is 486. The topological polar surface area (TPSA) is 62.6 Å². The van der Waals surface area contributed by atoms with Crippen molar-refractivity contribution in [3.8, 4) is 0 Å². The SMILES string of the molecule is Cc1ccccc1CNC(=O)C[NH+](C)CC(=O)NC(C)C. The zero-order chi connectivity index (χ0) is 15.8. The van der Waals surface area contributed by atoms with Gasteiger partial charge in [0.2, 0.25) is 0 Å². The molecule has 0 aromatic heterocycles. The van der Waals surface area contributed by atoms with Crippen molar-refractivity contribution in [3.05, 3.63) is 35.4 Å². The maximum atomic E-state index is 11.9. The number of hydrogen-bond donors (Lipinski definition) is 3. The highest BCUT2D eigenvalue weighted by atomic mass is 16.2. The Hall–Kier alpha value is -1.88. The summed E-state index contributed by atoms with van der Waals surface area (Å²) in [5.41, 5.74) is 2.27. The molecule has 0 saturated carbocycles. The second-order valence-electron chi connectivity index (χ2n) is 5.74. The molecule has 1 atom stereocenters. The largest absolute Gasteiger partial charge is 0.349 e. The van der Waals surface area contributed by atoms with Crippen molar-refractivity contribution in [1.82, 2.24) is 10.6 Å². The van der Waals surface area contributed by atoms with Gasteiger partial charge in [0.05, 0.1) is 7.05 Å². The molecular weight excluding hydrogens is 266 g/mol. The Labute approximate surface area is 126 Å². The summed E-state index contributed by atoms with van der Waals surface area (Å²) >= 11 is 0. The van der Waals surface area contributed by atoms with Crippen molar-refractivity contribution in [2.45, 2.75) is 33.4 Å². The highest BCUT2D eigenvalue weighted by Crippen LogP contribution is 2.05. The zero-order valence-electron chi connectivity index (χ0n) is 13.3. The Balaban J connectivity index is 2.33. The van der Waals surface area contributed by atoms with Crippen molar-refractivity contribution in [2.75, 3.05) is 20.1 Å². The summed E-state index contributed by atoms with van der Waals surface area (Å²) in [5.74, 6) is -0.0812. The molecule has 21 heavy (non-hydrogen) atoms. The van der Waals surface area contributed by atoms with Crippen LogP contribution in [0.4, 0.5) is 0 Å². The van der Waals surface area contributed by atoms with E-state index in [1.165, 1.54) is 0 Å². The smallest absolute Gasteiger partial charge is 0.275 e. The molecule has 3 N–H and O–H groups in total. The van der Waals surface area contributed by atoms with Crippen molar-refractivity contribution in [1.29, 1.82) is 0 Å². The lowest BCUT2D eigenvalue weighted by Crippen LogP contribution is -3.11.